The molecule has 0 unspecified atom stereocenters. The fraction of sp³-hybridized carbons (Fsp3) is 0.550. The lowest BCUT2D eigenvalue weighted by Crippen LogP contribution is -2.44. The molecule has 2 fully saturated rings. The van der Waals surface area contributed by atoms with Gasteiger partial charge >= 0.3 is 0 Å². The molecule has 0 spiro atoms. The first kappa shape index (κ1) is 19.2. The van der Waals surface area contributed by atoms with Gasteiger partial charge in [0, 0.05) is 38.8 Å². The van der Waals surface area contributed by atoms with Crippen molar-refractivity contribution in [2.75, 3.05) is 39.1 Å². The first-order chi connectivity index (χ1) is 12.9. The summed E-state index contributed by atoms with van der Waals surface area (Å²) in [5.41, 5.74) is 0.678. The van der Waals surface area contributed by atoms with Crippen LogP contribution in [0.3, 0.4) is 0 Å². The summed E-state index contributed by atoms with van der Waals surface area (Å²) in [6.45, 7) is 1.25. The van der Waals surface area contributed by atoms with E-state index in [2.05, 4.69) is 5.32 Å². The fourth-order valence-electron chi connectivity index (χ4n) is 3.13. The van der Waals surface area contributed by atoms with Gasteiger partial charge in [0.1, 0.15) is 5.75 Å². The Kier molecular flexibility index (Phi) is 5.98. The number of nitrogens with zero attached hydrogens (tertiary/aromatic N) is 2. The smallest absolute Gasteiger partial charge is 0.259 e. The molecule has 3 amide bonds. The van der Waals surface area contributed by atoms with Gasteiger partial charge in [0.05, 0.1) is 5.92 Å². The highest BCUT2D eigenvalue weighted by Gasteiger charge is 2.36. The Labute approximate surface area is 159 Å². The molecule has 1 atom stereocenters. The molecule has 1 aliphatic heterocycles. The molecule has 7 nitrogen and oxygen atoms in total. The third-order valence-electron chi connectivity index (χ3n) is 5.01. The lowest BCUT2D eigenvalue weighted by atomic mass is 9.96. The molecule has 1 saturated heterocycles. The minimum atomic E-state index is -0.171. The van der Waals surface area contributed by atoms with Crippen LogP contribution >= 0.6 is 0 Å². The van der Waals surface area contributed by atoms with Crippen LogP contribution in [0.1, 0.15) is 25.7 Å². The summed E-state index contributed by atoms with van der Waals surface area (Å²) < 4.78 is 5.43. The number of benzene rings is 1. The van der Waals surface area contributed by atoms with Gasteiger partial charge < -0.3 is 19.9 Å². The summed E-state index contributed by atoms with van der Waals surface area (Å²) in [4.78, 5) is 39.7. The largest absolute Gasteiger partial charge is 0.484 e. The molecule has 0 aromatic heterocycles. The first-order valence-corrected chi connectivity index (χ1v) is 9.46. The van der Waals surface area contributed by atoms with Crippen LogP contribution in [0, 0.1) is 11.8 Å². The molecule has 1 heterocycles. The molecular formula is C20H27N3O4. The van der Waals surface area contributed by atoms with Crippen molar-refractivity contribution in [3.05, 3.63) is 24.3 Å². The maximum atomic E-state index is 12.6. The zero-order valence-corrected chi connectivity index (χ0v) is 15.9. The SMILES string of the molecule is CN(C)C(=O)COc1ccc(NC(=O)[C@H]2CCCN(C(=O)C3CC3)C2)cc1. The highest BCUT2D eigenvalue weighted by Crippen LogP contribution is 2.32. The number of nitrogens with one attached hydrogen (secondary N) is 1. The van der Waals surface area contributed by atoms with Gasteiger partial charge in [-0.1, -0.05) is 0 Å². The van der Waals surface area contributed by atoms with E-state index in [0.29, 0.717) is 18.0 Å². The standard InChI is InChI=1S/C20H27N3O4/c1-22(2)18(24)13-27-17-9-7-16(8-10-17)21-19(25)15-4-3-11-23(12-15)20(26)14-5-6-14/h7-10,14-15H,3-6,11-13H2,1-2H3,(H,21,25)/t15-/m0/s1. The Morgan fingerprint density at radius 1 is 1.11 bits per heavy atom. The number of hydrogen-bond acceptors (Lipinski definition) is 4. The molecule has 1 aromatic rings. The van der Waals surface area contributed by atoms with Gasteiger partial charge in [0.25, 0.3) is 5.91 Å². The molecular weight excluding hydrogens is 346 g/mol. The minimum absolute atomic E-state index is 0.0222. The van der Waals surface area contributed by atoms with E-state index in [0.717, 1.165) is 32.2 Å². The number of piperidine rings is 1. The van der Waals surface area contributed by atoms with Gasteiger partial charge in [-0.15, -0.1) is 0 Å². The molecule has 0 bridgehead atoms. The van der Waals surface area contributed by atoms with Crippen LogP contribution in [0.2, 0.25) is 0 Å². The maximum absolute atomic E-state index is 12.6. The van der Waals surface area contributed by atoms with E-state index in [9.17, 15) is 14.4 Å². The van der Waals surface area contributed by atoms with Gasteiger partial charge in [-0.25, -0.2) is 0 Å². The van der Waals surface area contributed by atoms with Gasteiger partial charge in [-0.05, 0) is 49.9 Å². The summed E-state index contributed by atoms with van der Waals surface area (Å²) in [5.74, 6) is 0.631. The van der Waals surface area contributed by atoms with Crippen molar-refractivity contribution >= 4 is 23.4 Å². The average molecular weight is 373 g/mol. The zero-order chi connectivity index (χ0) is 19.4. The summed E-state index contributed by atoms with van der Waals surface area (Å²) in [7, 11) is 3.35. The van der Waals surface area contributed by atoms with Crippen molar-refractivity contribution < 1.29 is 19.1 Å². The molecule has 1 aromatic carbocycles. The molecule has 7 heteroatoms. The van der Waals surface area contributed by atoms with Gasteiger partial charge in [-0.2, -0.15) is 0 Å². The summed E-state index contributed by atoms with van der Waals surface area (Å²) in [6.07, 6.45) is 3.64. The quantitative estimate of drug-likeness (QED) is 0.824. The van der Waals surface area contributed by atoms with E-state index in [-0.39, 0.29) is 36.2 Å². The zero-order valence-electron chi connectivity index (χ0n) is 15.9. The third-order valence-corrected chi connectivity index (χ3v) is 5.01. The van der Waals surface area contributed by atoms with Crippen molar-refractivity contribution in [2.45, 2.75) is 25.7 Å². The Hall–Kier alpha value is -2.57. The van der Waals surface area contributed by atoms with Gasteiger partial charge in [0.15, 0.2) is 6.61 Å². The predicted octanol–water partition coefficient (Wildman–Crippen LogP) is 1.74. The summed E-state index contributed by atoms with van der Waals surface area (Å²) >= 11 is 0. The van der Waals surface area contributed by atoms with Gasteiger partial charge in [-0.3, -0.25) is 14.4 Å². The number of likely N-dealkylation sites (N-methyl/N-ethyl adjacent to an activating group) is 1. The van der Waals surface area contributed by atoms with Gasteiger partial charge in [0.2, 0.25) is 11.8 Å². The van der Waals surface area contributed by atoms with Crippen molar-refractivity contribution in [1.82, 2.24) is 9.80 Å². The van der Waals surface area contributed by atoms with Crippen molar-refractivity contribution in [1.29, 1.82) is 0 Å². The van der Waals surface area contributed by atoms with E-state index in [1.54, 1.807) is 38.4 Å². The van der Waals surface area contributed by atoms with Crippen molar-refractivity contribution in [2.24, 2.45) is 11.8 Å². The van der Waals surface area contributed by atoms with Crippen molar-refractivity contribution in [3.63, 3.8) is 0 Å². The molecule has 146 valence electrons. The van der Waals surface area contributed by atoms with Crippen LogP contribution in [0.15, 0.2) is 24.3 Å². The number of anilines is 1. The van der Waals surface area contributed by atoms with E-state index < -0.39 is 0 Å². The molecule has 0 radical (unpaired) electrons. The summed E-state index contributed by atoms with van der Waals surface area (Å²) in [6, 6.07) is 6.96. The van der Waals surface area contributed by atoms with E-state index >= 15 is 0 Å². The fourth-order valence-corrected chi connectivity index (χ4v) is 3.13. The Morgan fingerprint density at radius 2 is 1.81 bits per heavy atom. The second-order valence-corrected chi connectivity index (χ2v) is 7.49. The van der Waals surface area contributed by atoms with E-state index in [4.69, 9.17) is 4.74 Å². The second-order valence-electron chi connectivity index (χ2n) is 7.49. The van der Waals surface area contributed by atoms with E-state index in [1.807, 2.05) is 4.90 Å². The first-order valence-electron chi connectivity index (χ1n) is 9.46. The third kappa shape index (κ3) is 5.21. The number of amides is 3. The Morgan fingerprint density at radius 3 is 2.44 bits per heavy atom. The van der Waals surface area contributed by atoms with Crippen LogP contribution in [0.25, 0.3) is 0 Å². The number of rotatable bonds is 6. The second kappa shape index (κ2) is 8.41. The number of hydrogen-bond donors (Lipinski definition) is 1. The lowest BCUT2D eigenvalue weighted by molar-refractivity contribution is -0.136. The average Bonchev–Trinajstić information content (AvgIpc) is 3.52. The Bertz CT molecular complexity index is 698. The van der Waals surface area contributed by atoms with Crippen LogP contribution in [0.4, 0.5) is 5.69 Å². The number of carbonyl (C=O) groups excluding carboxylic acids is 3. The molecule has 1 aliphatic carbocycles. The number of carbonyl (C=O) groups is 3. The molecule has 1 N–H and O–H groups in total. The van der Waals surface area contributed by atoms with Crippen LogP contribution in [-0.2, 0) is 14.4 Å². The predicted molar refractivity (Wildman–Crippen MR) is 101 cm³/mol. The monoisotopic (exact) mass is 373 g/mol. The highest BCUT2D eigenvalue weighted by atomic mass is 16.5. The van der Waals surface area contributed by atoms with Crippen LogP contribution in [0.5, 0.6) is 5.75 Å². The summed E-state index contributed by atoms with van der Waals surface area (Å²) in [5, 5.41) is 2.92. The van der Waals surface area contributed by atoms with Crippen LogP contribution in [-0.4, -0.2) is 61.3 Å². The van der Waals surface area contributed by atoms with Crippen LogP contribution < -0.4 is 10.1 Å². The number of likely N-dealkylation sites (tertiary alicyclic amines) is 1. The number of ether oxygens (including phenoxy) is 1. The maximum Gasteiger partial charge on any atom is 0.259 e. The Balaban J connectivity index is 1.49. The molecule has 1 saturated carbocycles. The molecule has 27 heavy (non-hydrogen) atoms. The normalized spacial score (nSPS) is 19.3. The minimum Gasteiger partial charge on any atom is -0.484 e. The molecule has 2 aliphatic rings. The van der Waals surface area contributed by atoms with Crippen molar-refractivity contribution in [3.8, 4) is 5.75 Å². The van der Waals surface area contributed by atoms with E-state index in [1.165, 1.54) is 4.90 Å². The lowest BCUT2D eigenvalue weighted by Gasteiger charge is -2.32. The topological polar surface area (TPSA) is 79.0 Å². The highest BCUT2D eigenvalue weighted by molar-refractivity contribution is 5.93. The molecule has 3 rings (SSSR count).